The van der Waals surface area contributed by atoms with Gasteiger partial charge in [0, 0.05) is 24.7 Å². The number of aromatic nitrogens is 4. The molecule has 21 heavy (non-hydrogen) atoms. The van der Waals surface area contributed by atoms with E-state index in [1.54, 1.807) is 4.52 Å². The molecule has 0 aliphatic rings. The third-order valence-corrected chi connectivity index (χ3v) is 3.58. The van der Waals surface area contributed by atoms with Crippen LogP contribution in [0.5, 0.6) is 0 Å². The summed E-state index contributed by atoms with van der Waals surface area (Å²) in [5, 5.41) is 16.2. The van der Waals surface area contributed by atoms with Gasteiger partial charge in [-0.25, -0.2) is 4.98 Å². The number of rotatable bonds is 8. The van der Waals surface area contributed by atoms with E-state index in [0.29, 0.717) is 11.7 Å². The summed E-state index contributed by atoms with van der Waals surface area (Å²) in [5.41, 5.74) is 0.885. The van der Waals surface area contributed by atoms with Gasteiger partial charge in [-0.1, -0.05) is 13.3 Å². The summed E-state index contributed by atoms with van der Waals surface area (Å²) in [6.45, 7) is 4.79. The van der Waals surface area contributed by atoms with Crippen molar-refractivity contribution >= 4 is 17.6 Å². The fourth-order valence-corrected chi connectivity index (χ4v) is 2.34. The van der Waals surface area contributed by atoms with E-state index < -0.39 is 5.97 Å². The molecule has 2 rings (SSSR count). The van der Waals surface area contributed by atoms with Gasteiger partial charge in [-0.05, 0) is 25.7 Å². The van der Waals surface area contributed by atoms with E-state index >= 15 is 0 Å². The van der Waals surface area contributed by atoms with Gasteiger partial charge < -0.3 is 10.4 Å². The zero-order valence-electron chi connectivity index (χ0n) is 12.4. The average Bonchev–Trinajstić information content (AvgIpc) is 2.90. The first-order chi connectivity index (χ1) is 10.1. The summed E-state index contributed by atoms with van der Waals surface area (Å²) in [6, 6.07) is 1.93. The van der Waals surface area contributed by atoms with Crippen molar-refractivity contribution in [3.63, 3.8) is 0 Å². The van der Waals surface area contributed by atoms with E-state index in [4.69, 9.17) is 5.11 Å². The minimum absolute atomic E-state index is 0.236. The second-order valence-electron chi connectivity index (χ2n) is 5.18. The van der Waals surface area contributed by atoms with Gasteiger partial charge in [0.15, 0.2) is 0 Å². The number of hydrogen-bond donors (Lipinski definition) is 2. The van der Waals surface area contributed by atoms with E-state index in [2.05, 4.69) is 27.3 Å². The van der Waals surface area contributed by atoms with Crippen LogP contribution in [0.3, 0.4) is 0 Å². The minimum Gasteiger partial charge on any atom is -0.481 e. The molecule has 0 aromatic carbocycles. The second kappa shape index (κ2) is 7.01. The van der Waals surface area contributed by atoms with E-state index in [1.165, 1.54) is 6.33 Å². The van der Waals surface area contributed by atoms with Gasteiger partial charge in [0.05, 0.1) is 0 Å². The summed E-state index contributed by atoms with van der Waals surface area (Å²) >= 11 is 0. The van der Waals surface area contributed by atoms with Crippen molar-refractivity contribution in [1.29, 1.82) is 0 Å². The Labute approximate surface area is 123 Å². The van der Waals surface area contributed by atoms with E-state index in [1.807, 2.05) is 13.0 Å². The molecule has 1 unspecified atom stereocenters. The molecule has 0 fully saturated rings. The van der Waals surface area contributed by atoms with Gasteiger partial charge >= 0.3 is 5.97 Å². The Kier molecular flexibility index (Phi) is 5.08. The molecule has 1 atom stereocenters. The number of nitrogens with zero attached hydrogens (tertiary/aromatic N) is 4. The van der Waals surface area contributed by atoms with Crippen LogP contribution in [0.2, 0.25) is 0 Å². The van der Waals surface area contributed by atoms with Gasteiger partial charge in [-0.3, -0.25) is 4.79 Å². The van der Waals surface area contributed by atoms with Gasteiger partial charge in [0.25, 0.3) is 5.78 Å². The Morgan fingerprint density at radius 1 is 1.48 bits per heavy atom. The lowest BCUT2D eigenvalue weighted by atomic mass is 9.97. The summed E-state index contributed by atoms with van der Waals surface area (Å²) in [4.78, 5) is 19.0. The van der Waals surface area contributed by atoms with Crippen LogP contribution in [0.4, 0.5) is 5.82 Å². The molecule has 0 saturated heterocycles. The summed E-state index contributed by atoms with van der Waals surface area (Å²) in [6.07, 6.45) is 4.36. The molecule has 0 aliphatic carbocycles. The molecule has 0 aliphatic heterocycles. The lowest BCUT2D eigenvalue weighted by Gasteiger charge is -2.15. The predicted molar refractivity (Wildman–Crippen MR) is 79.3 cm³/mol. The molecule has 0 amide bonds. The summed E-state index contributed by atoms with van der Waals surface area (Å²) in [7, 11) is 0. The van der Waals surface area contributed by atoms with Crippen molar-refractivity contribution in [3.8, 4) is 0 Å². The lowest BCUT2D eigenvalue weighted by molar-refractivity contribution is -0.137. The average molecular weight is 291 g/mol. The standard InChI is InChI=1S/C14H21N5O2/c1-3-11(4-5-13(20)21)6-7-15-12-8-10(2)18-14-16-9-17-19(12)14/h8-9,11,15H,3-7H2,1-2H3,(H,20,21). The van der Waals surface area contributed by atoms with Crippen LogP contribution in [-0.2, 0) is 4.79 Å². The third kappa shape index (κ3) is 4.14. The first-order valence-electron chi connectivity index (χ1n) is 7.23. The van der Waals surface area contributed by atoms with Crippen molar-refractivity contribution < 1.29 is 9.90 Å². The molecule has 114 valence electrons. The van der Waals surface area contributed by atoms with Crippen LogP contribution in [0.25, 0.3) is 5.78 Å². The number of carboxylic acids is 1. The van der Waals surface area contributed by atoms with Gasteiger partial charge in [-0.2, -0.15) is 14.6 Å². The molecule has 7 nitrogen and oxygen atoms in total. The fourth-order valence-electron chi connectivity index (χ4n) is 2.34. The SMILES string of the molecule is CCC(CCNc1cc(C)nc2ncnn12)CCC(=O)O. The van der Waals surface area contributed by atoms with Crippen molar-refractivity contribution in [3.05, 3.63) is 18.1 Å². The molecule has 0 radical (unpaired) electrons. The number of hydrogen-bond acceptors (Lipinski definition) is 5. The summed E-state index contributed by atoms with van der Waals surface area (Å²) < 4.78 is 1.67. The molecular weight excluding hydrogens is 270 g/mol. The largest absolute Gasteiger partial charge is 0.481 e. The number of carbonyl (C=O) groups is 1. The van der Waals surface area contributed by atoms with E-state index in [-0.39, 0.29) is 6.42 Å². The number of fused-ring (bicyclic) bond motifs is 1. The molecular formula is C14H21N5O2. The van der Waals surface area contributed by atoms with Crippen molar-refractivity contribution in [2.24, 2.45) is 5.92 Å². The van der Waals surface area contributed by atoms with Gasteiger partial charge in [0.1, 0.15) is 12.1 Å². The maximum atomic E-state index is 10.6. The molecule has 2 heterocycles. The second-order valence-corrected chi connectivity index (χ2v) is 5.18. The quantitative estimate of drug-likeness (QED) is 0.774. The number of anilines is 1. The van der Waals surface area contributed by atoms with E-state index in [0.717, 1.165) is 37.3 Å². The van der Waals surface area contributed by atoms with Crippen molar-refractivity contribution in [2.45, 2.75) is 39.5 Å². The monoisotopic (exact) mass is 291 g/mol. The zero-order chi connectivity index (χ0) is 15.2. The van der Waals surface area contributed by atoms with Crippen molar-refractivity contribution in [1.82, 2.24) is 19.6 Å². The van der Waals surface area contributed by atoms with Crippen LogP contribution < -0.4 is 5.32 Å². The molecule has 7 heteroatoms. The van der Waals surface area contributed by atoms with Gasteiger partial charge in [-0.15, -0.1) is 0 Å². The number of carboxylic acid groups (broad SMARTS) is 1. The van der Waals surface area contributed by atoms with Crippen LogP contribution in [0.1, 0.15) is 38.3 Å². The molecule has 0 spiro atoms. The van der Waals surface area contributed by atoms with Crippen molar-refractivity contribution in [2.75, 3.05) is 11.9 Å². The predicted octanol–water partition coefficient (Wildman–Crippen LogP) is 2.13. The number of aryl methyl sites for hydroxylation is 1. The molecule has 2 N–H and O–H groups in total. The Hall–Kier alpha value is -2.18. The van der Waals surface area contributed by atoms with E-state index in [9.17, 15) is 4.79 Å². The first-order valence-corrected chi connectivity index (χ1v) is 7.23. The van der Waals surface area contributed by atoms with Crippen LogP contribution in [0.15, 0.2) is 12.4 Å². The maximum absolute atomic E-state index is 10.6. The highest BCUT2D eigenvalue weighted by Crippen LogP contribution is 2.16. The minimum atomic E-state index is -0.726. The molecule has 0 saturated carbocycles. The zero-order valence-corrected chi connectivity index (χ0v) is 12.4. The highest BCUT2D eigenvalue weighted by Gasteiger charge is 2.10. The molecule has 2 aromatic rings. The smallest absolute Gasteiger partial charge is 0.303 e. The Morgan fingerprint density at radius 2 is 2.29 bits per heavy atom. The normalized spacial score (nSPS) is 12.5. The topological polar surface area (TPSA) is 92.4 Å². The number of nitrogens with one attached hydrogen (secondary N) is 1. The van der Waals surface area contributed by atoms with Crippen LogP contribution in [0, 0.1) is 12.8 Å². The van der Waals surface area contributed by atoms with Crippen LogP contribution >= 0.6 is 0 Å². The maximum Gasteiger partial charge on any atom is 0.303 e. The first kappa shape index (κ1) is 15.2. The summed E-state index contributed by atoms with van der Waals surface area (Å²) in [5.74, 6) is 1.14. The lowest BCUT2D eigenvalue weighted by Crippen LogP contribution is -2.13. The Balaban J connectivity index is 1.92. The molecule has 0 bridgehead atoms. The highest BCUT2D eigenvalue weighted by atomic mass is 16.4. The fraction of sp³-hybridized carbons (Fsp3) is 0.571. The molecule has 2 aromatic heterocycles. The Bertz CT molecular complexity index is 610. The Morgan fingerprint density at radius 3 is 3.00 bits per heavy atom. The number of aliphatic carboxylic acids is 1. The third-order valence-electron chi connectivity index (χ3n) is 3.58. The van der Waals surface area contributed by atoms with Gasteiger partial charge in [0.2, 0.25) is 0 Å². The van der Waals surface area contributed by atoms with Crippen LogP contribution in [-0.4, -0.2) is 37.2 Å². The highest BCUT2D eigenvalue weighted by molar-refractivity contribution is 5.66.